The van der Waals surface area contributed by atoms with Gasteiger partial charge in [0.2, 0.25) is 21.7 Å². The van der Waals surface area contributed by atoms with E-state index in [1.54, 1.807) is 73.0 Å². The SMILES string of the molecule is Cc1cnc2c(c1)S(=O)(=O)N(Cc1cc(C(c3ccn4c(C(F)F)nnc4c3C)C(C)(C)C(=O)OC(C)(C)C)ncc1C)CC1(CC1)O2. The van der Waals surface area contributed by atoms with Crippen LogP contribution < -0.4 is 4.74 Å². The van der Waals surface area contributed by atoms with Gasteiger partial charge in [-0.05, 0) is 114 Å². The highest BCUT2D eigenvalue weighted by Gasteiger charge is 2.52. The van der Waals surface area contributed by atoms with Gasteiger partial charge in [0.1, 0.15) is 16.1 Å². The fraction of sp³-hybridized carbons (Fsp3) is 0.500. The Morgan fingerprint density at radius 3 is 2.42 bits per heavy atom. The monoisotopic (exact) mass is 682 g/mol. The zero-order valence-corrected chi connectivity index (χ0v) is 29.2. The highest BCUT2D eigenvalue weighted by molar-refractivity contribution is 7.89. The number of halogens is 2. The summed E-state index contributed by atoms with van der Waals surface area (Å²) in [6, 6.07) is 5.08. The number of carbonyl (C=O) groups excluding carboxylic acids is 1. The van der Waals surface area contributed by atoms with Gasteiger partial charge < -0.3 is 9.47 Å². The minimum absolute atomic E-state index is 0.0295. The molecule has 4 aromatic heterocycles. The predicted octanol–water partition coefficient (Wildman–Crippen LogP) is 6.00. The number of rotatable bonds is 7. The van der Waals surface area contributed by atoms with E-state index in [1.807, 2.05) is 13.0 Å². The van der Waals surface area contributed by atoms with Crippen LogP contribution in [0.5, 0.6) is 5.88 Å². The zero-order chi connectivity index (χ0) is 35.0. The molecule has 0 radical (unpaired) electrons. The van der Waals surface area contributed by atoms with Crippen LogP contribution in [0.4, 0.5) is 8.78 Å². The first-order chi connectivity index (χ1) is 22.3. The molecule has 14 heteroatoms. The third-order valence-corrected chi connectivity index (χ3v) is 10.9. The molecule has 256 valence electrons. The second-order valence-corrected chi connectivity index (χ2v) is 16.4. The Hall–Kier alpha value is -4.04. The summed E-state index contributed by atoms with van der Waals surface area (Å²) in [7, 11) is -4.00. The summed E-state index contributed by atoms with van der Waals surface area (Å²) < 4.78 is 70.3. The molecule has 2 aliphatic rings. The van der Waals surface area contributed by atoms with E-state index in [0.29, 0.717) is 40.8 Å². The van der Waals surface area contributed by atoms with E-state index >= 15 is 0 Å². The quantitative estimate of drug-likeness (QED) is 0.216. The Balaban J connectivity index is 1.47. The van der Waals surface area contributed by atoms with Crippen LogP contribution >= 0.6 is 0 Å². The second kappa shape index (κ2) is 11.5. The van der Waals surface area contributed by atoms with Crippen LogP contribution in [-0.4, -0.2) is 61.0 Å². The maximum Gasteiger partial charge on any atom is 0.313 e. The molecule has 1 fully saturated rings. The van der Waals surface area contributed by atoms with E-state index in [-0.39, 0.29) is 29.5 Å². The fourth-order valence-corrected chi connectivity index (χ4v) is 7.88. The number of pyridine rings is 3. The molecule has 5 heterocycles. The number of ether oxygens (including phenoxy) is 2. The van der Waals surface area contributed by atoms with E-state index in [2.05, 4.69) is 15.2 Å². The molecule has 0 saturated heterocycles. The maximum absolute atomic E-state index is 14.1. The number of hydrogen-bond acceptors (Lipinski definition) is 9. The van der Waals surface area contributed by atoms with Crippen LogP contribution in [0.1, 0.15) is 99.1 Å². The number of aromatic nitrogens is 5. The molecular weight excluding hydrogens is 642 g/mol. The highest BCUT2D eigenvalue weighted by atomic mass is 32.2. The molecule has 1 spiro atoms. The molecule has 1 unspecified atom stereocenters. The average molecular weight is 683 g/mol. The Bertz CT molecular complexity index is 2040. The Morgan fingerprint density at radius 1 is 1.06 bits per heavy atom. The normalized spacial score (nSPS) is 18.0. The van der Waals surface area contributed by atoms with Crippen LogP contribution in [0.2, 0.25) is 0 Å². The number of fused-ring (bicyclic) bond motifs is 2. The maximum atomic E-state index is 14.1. The minimum atomic E-state index is -4.00. The third kappa shape index (κ3) is 6.04. The van der Waals surface area contributed by atoms with Crippen LogP contribution in [0.3, 0.4) is 0 Å². The van der Waals surface area contributed by atoms with Gasteiger partial charge in [-0.1, -0.05) is 0 Å². The molecule has 0 N–H and O–H groups in total. The summed E-state index contributed by atoms with van der Waals surface area (Å²) >= 11 is 0. The smallest absolute Gasteiger partial charge is 0.313 e. The highest BCUT2D eigenvalue weighted by Crippen LogP contribution is 2.47. The van der Waals surface area contributed by atoms with Gasteiger partial charge in [-0.15, -0.1) is 10.2 Å². The predicted molar refractivity (Wildman–Crippen MR) is 172 cm³/mol. The van der Waals surface area contributed by atoms with Crippen molar-refractivity contribution in [1.82, 2.24) is 28.9 Å². The van der Waals surface area contributed by atoms with Crippen molar-refractivity contribution in [3.8, 4) is 5.88 Å². The summed E-state index contributed by atoms with van der Waals surface area (Å²) in [6.07, 6.45) is 3.31. The van der Waals surface area contributed by atoms with E-state index in [1.165, 1.54) is 14.9 Å². The number of aryl methyl sites for hydroxylation is 3. The lowest BCUT2D eigenvalue weighted by Gasteiger charge is -2.36. The van der Waals surface area contributed by atoms with Crippen molar-refractivity contribution >= 4 is 21.6 Å². The largest absolute Gasteiger partial charge is 0.469 e. The van der Waals surface area contributed by atoms with Crippen molar-refractivity contribution < 1.29 is 31.5 Å². The molecule has 1 atom stereocenters. The average Bonchev–Trinajstić information content (AvgIpc) is 3.61. The molecule has 6 rings (SSSR count). The first-order valence-electron chi connectivity index (χ1n) is 15.8. The molecule has 0 amide bonds. The van der Waals surface area contributed by atoms with Crippen LogP contribution in [0.25, 0.3) is 5.65 Å². The van der Waals surface area contributed by atoms with Gasteiger partial charge in [0.15, 0.2) is 5.65 Å². The summed E-state index contributed by atoms with van der Waals surface area (Å²) in [6.45, 7) is 14.4. The van der Waals surface area contributed by atoms with Gasteiger partial charge in [-0.3, -0.25) is 14.2 Å². The molecule has 0 aromatic carbocycles. The lowest BCUT2D eigenvalue weighted by molar-refractivity contribution is -0.166. The molecule has 1 saturated carbocycles. The molecule has 48 heavy (non-hydrogen) atoms. The molecule has 11 nitrogen and oxygen atoms in total. The first-order valence-corrected chi connectivity index (χ1v) is 17.2. The Morgan fingerprint density at radius 2 is 1.77 bits per heavy atom. The van der Waals surface area contributed by atoms with Crippen LogP contribution in [-0.2, 0) is 26.1 Å². The summed E-state index contributed by atoms with van der Waals surface area (Å²) in [4.78, 5) is 23.0. The van der Waals surface area contributed by atoms with Gasteiger partial charge in [0.25, 0.3) is 6.43 Å². The molecular formula is C34H40F2N6O5S. The van der Waals surface area contributed by atoms with E-state index < -0.39 is 50.8 Å². The fourth-order valence-electron chi connectivity index (χ4n) is 6.24. The number of alkyl halides is 2. The van der Waals surface area contributed by atoms with E-state index in [4.69, 9.17) is 14.5 Å². The summed E-state index contributed by atoms with van der Waals surface area (Å²) in [5, 5.41) is 7.75. The number of nitrogens with zero attached hydrogens (tertiary/aromatic N) is 6. The van der Waals surface area contributed by atoms with Gasteiger partial charge in [-0.25, -0.2) is 22.2 Å². The van der Waals surface area contributed by atoms with Gasteiger partial charge in [0, 0.05) is 36.7 Å². The van der Waals surface area contributed by atoms with E-state index in [0.717, 1.165) is 5.56 Å². The van der Waals surface area contributed by atoms with Crippen molar-refractivity contribution in [1.29, 1.82) is 0 Å². The van der Waals surface area contributed by atoms with Crippen LogP contribution in [0, 0.1) is 26.2 Å². The number of carbonyl (C=O) groups is 1. The second-order valence-electron chi connectivity index (χ2n) is 14.5. The van der Waals surface area contributed by atoms with Crippen LogP contribution in [0.15, 0.2) is 41.7 Å². The molecule has 1 aliphatic heterocycles. The van der Waals surface area contributed by atoms with E-state index in [9.17, 15) is 22.0 Å². The molecule has 1 aliphatic carbocycles. The van der Waals surface area contributed by atoms with Gasteiger partial charge in [0.05, 0.1) is 12.0 Å². The number of esters is 1. The summed E-state index contributed by atoms with van der Waals surface area (Å²) in [5.41, 5.74) is 1.38. The third-order valence-electron chi connectivity index (χ3n) is 9.08. The number of hydrogen-bond donors (Lipinski definition) is 0. The molecule has 0 bridgehead atoms. The van der Waals surface area contributed by atoms with Gasteiger partial charge >= 0.3 is 5.97 Å². The van der Waals surface area contributed by atoms with Crippen molar-refractivity contribution in [3.63, 3.8) is 0 Å². The Labute approximate surface area is 278 Å². The Kier molecular flexibility index (Phi) is 8.14. The minimum Gasteiger partial charge on any atom is -0.469 e. The zero-order valence-electron chi connectivity index (χ0n) is 28.3. The standard InChI is InChI=1S/C34H40F2N6O5S/c1-19-13-25-30(38-15-19)46-34(10-11-34)18-41(48(25,44)45)17-22-14-24(37-16-20(22)2)26(33(7,8)31(43)47-32(4,5)6)23-9-12-42-28(21(23)3)39-40-29(42)27(35)36/h9,12-16,26-27H,10-11,17-18H2,1-8H3. The van der Waals surface area contributed by atoms with Gasteiger partial charge in [-0.2, -0.15) is 4.31 Å². The lowest BCUT2D eigenvalue weighted by Crippen LogP contribution is -2.39. The van der Waals surface area contributed by atoms with Crippen molar-refractivity contribution in [2.75, 3.05) is 6.54 Å². The summed E-state index contributed by atoms with van der Waals surface area (Å²) in [5.74, 6) is -1.60. The van der Waals surface area contributed by atoms with Crippen molar-refractivity contribution in [2.45, 2.75) is 103 Å². The van der Waals surface area contributed by atoms with Crippen molar-refractivity contribution in [3.05, 3.63) is 76.1 Å². The first kappa shape index (κ1) is 33.8. The molecule has 4 aromatic rings. The topological polar surface area (TPSA) is 129 Å². The number of sulfonamides is 1. The van der Waals surface area contributed by atoms with Crippen molar-refractivity contribution in [2.24, 2.45) is 5.41 Å². The lowest BCUT2D eigenvalue weighted by atomic mass is 9.71.